The lowest BCUT2D eigenvalue weighted by atomic mass is 9.86. The van der Waals surface area contributed by atoms with E-state index in [0.717, 1.165) is 0 Å². The Labute approximate surface area is 151 Å². The zero-order valence-corrected chi connectivity index (χ0v) is 16.1. The van der Waals surface area contributed by atoms with Crippen LogP contribution in [0.5, 0.6) is 11.5 Å². The summed E-state index contributed by atoms with van der Waals surface area (Å²) in [6, 6.07) is 5.52. The van der Waals surface area contributed by atoms with Crippen LogP contribution in [0, 0.1) is 16.7 Å². The minimum atomic E-state index is -0.617. The number of ether oxygens (including phenoxy) is 2. The van der Waals surface area contributed by atoms with Gasteiger partial charge in [-0.3, -0.25) is 4.79 Å². The van der Waals surface area contributed by atoms with Crippen molar-refractivity contribution in [2.75, 3.05) is 13.2 Å². The van der Waals surface area contributed by atoms with Gasteiger partial charge in [0.25, 0.3) is 0 Å². The quantitative estimate of drug-likeness (QED) is 0.375. The molecular formula is C19H22BrNO3. The topological polar surface area (TPSA) is 59.3 Å². The SMILES string of the molecule is C=CCOc1c(Br)cc(/C=C(\C#N)C(=O)C(C)(C)C)cc1OCC. The first-order chi connectivity index (χ1) is 11.2. The van der Waals surface area contributed by atoms with Crippen LogP contribution in [0.1, 0.15) is 33.3 Å². The van der Waals surface area contributed by atoms with Gasteiger partial charge in [0.05, 0.1) is 16.7 Å². The van der Waals surface area contributed by atoms with Crippen molar-refractivity contribution in [3.05, 3.63) is 40.4 Å². The van der Waals surface area contributed by atoms with Crippen molar-refractivity contribution in [1.82, 2.24) is 0 Å². The van der Waals surface area contributed by atoms with Gasteiger partial charge < -0.3 is 9.47 Å². The number of carbonyl (C=O) groups excluding carboxylic acids is 1. The van der Waals surface area contributed by atoms with Crippen LogP contribution in [-0.4, -0.2) is 19.0 Å². The van der Waals surface area contributed by atoms with E-state index in [1.807, 2.05) is 13.0 Å². The van der Waals surface area contributed by atoms with E-state index >= 15 is 0 Å². The van der Waals surface area contributed by atoms with Crippen molar-refractivity contribution in [2.24, 2.45) is 5.41 Å². The molecule has 0 fully saturated rings. The Balaban J connectivity index is 3.34. The summed E-state index contributed by atoms with van der Waals surface area (Å²) in [6.07, 6.45) is 3.21. The highest BCUT2D eigenvalue weighted by Crippen LogP contribution is 2.37. The summed E-state index contributed by atoms with van der Waals surface area (Å²) >= 11 is 3.45. The molecule has 4 nitrogen and oxygen atoms in total. The molecule has 1 aromatic carbocycles. The molecular weight excluding hydrogens is 370 g/mol. The van der Waals surface area contributed by atoms with Crippen molar-refractivity contribution in [1.29, 1.82) is 5.26 Å². The fourth-order valence-electron chi connectivity index (χ4n) is 1.94. The van der Waals surface area contributed by atoms with E-state index in [1.165, 1.54) is 0 Å². The van der Waals surface area contributed by atoms with Gasteiger partial charge in [0.15, 0.2) is 17.3 Å². The predicted molar refractivity (Wildman–Crippen MR) is 99.1 cm³/mol. The average Bonchev–Trinajstić information content (AvgIpc) is 2.50. The van der Waals surface area contributed by atoms with Crippen molar-refractivity contribution < 1.29 is 14.3 Å². The Morgan fingerprint density at radius 1 is 1.38 bits per heavy atom. The Hall–Kier alpha value is -2.06. The van der Waals surface area contributed by atoms with Crippen molar-refractivity contribution >= 4 is 27.8 Å². The zero-order valence-electron chi connectivity index (χ0n) is 14.5. The normalized spacial score (nSPS) is 11.6. The number of hydrogen-bond acceptors (Lipinski definition) is 4. The lowest BCUT2D eigenvalue weighted by Gasteiger charge is -2.16. The monoisotopic (exact) mass is 391 g/mol. The third-order valence-corrected chi connectivity index (χ3v) is 3.62. The summed E-state index contributed by atoms with van der Waals surface area (Å²) in [4.78, 5) is 12.3. The first-order valence-electron chi connectivity index (χ1n) is 7.61. The molecule has 0 amide bonds. The molecule has 0 heterocycles. The van der Waals surface area contributed by atoms with E-state index in [-0.39, 0.29) is 11.4 Å². The molecule has 0 aliphatic carbocycles. The molecule has 128 valence electrons. The van der Waals surface area contributed by atoms with E-state index < -0.39 is 5.41 Å². The van der Waals surface area contributed by atoms with E-state index in [1.54, 1.807) is 45.1 Å². The number of halogens is 1. The van der Waals surface area contributed by atoms with Gasteiger partial charge in [0, 0.05) is 5.41 Å². The molecule has 0 saturated heterocycles. The smallest absolute Gasteiger partial charge is 0.178 e. The Morgan fingerprint density at radius 3 is 2.54 bits per heavy atom. The third-order valence-electron chi connectivity index (χ3n) is 3.03. The maximum Gasteiger partial charge on any atom is 0.178 e. The molecule has 0 aromatic heterocycles. The van der Waals surface area contributed by atoms with E-state index in [0.29, 0.717) is 34.7 Å². The minimum absolute atomic E-state index is 0.108. The number of nitrogens with zero attached hydrogens (tertiary/aromatic N) is 1. The first kappa shape index (κ1) is 20.0. The average molecular weight is 392 g/mol. The summed E-state index contributed by atoms with van der Waals surface area (Å²) < 4.78 is 11.9. The van der Waals surface area contributed by atoms with Crippen LogP contribution in [0.3, 0.4) is 0 Å². The maximum atomic E-state index is 12.3. The molecule has 1 rings (SSSR count). The zero-order chi connectivity index (χ0) is 18.3. The van der Waals surface area contributed by atoms with Crippen LogP contribution in [-0.2, 0) is 4.79 Å². The fourth-order valence-corrected chi connectivity index (χ4v) is 2.51. The maximum absolute atomic E-state index is 12.3. The number of Topliss-reactive ketones (excluding diaryl/α,β-unsaturated/α-hetero) is 1. The molecule has 0 aliphatic heterocycles. The second-order valence-electron chi connectivity index (χ2n) is 6.11. The second-order valence-corrected chi connectivity index (χ2v) is 6.97. The number of rotatable bonds is 7. The highest BCUT2D eigenvalue weighted by Gasteiger charge is 2.25. The van der Waals surface area contributed by atoms with Crippen LogP contribution >= 0.6 is 15.9 Å². The molecule has 0 aliphatic rings. The summed E-state index contributed by atoms with van der Waals surface area (Å²) in [5.41, 5.74) is 0.177. The van der Waals surface area contributed by atoms with Gasteiger partial charge in [0.1, 0.15) is 12.7 Å². The number of allylic oxidation sites excluding steroid dienone is 1. The van der Waals surface area contributed by atoms with Gasteiger partial charge in [-0.05, 0) is 46.6 Å². The van der Waals surface area contributed by atoms with E-state index in [9.17, 15) is 10.1 Å². The lowest BCUT2D eigenvalue weighted by molar-refractivity contribution is -0.121. The highest BCUT2D eigenvalue weighted by atomic mass is 79.9. The van der Waals surface area contributed by atoms with E-state index in [2.05, 4.69) is 22.5 Å². The molecule has 0 unspecified atom stereocenters. The highest BCUT2D eigenvalue weighted by molar-refractivity contribution is 9.10. The van der Waals surface area contributed by atoms with Gasteiger partial charge in [-0.1, -0.05) is 33.4 Å². The largest absolute Gasteiger partial charge is 0.490 e. The van der Waals surface area contributed by atoms with E-state index in [4.69, 9.17) is 9.47 Å². The Bertz CT molecular complexity index is 694. The lowest BCUT2D eigenvalue weighted by Crippen LogP contribution is -2.21. The minimum Gasteiger partial charge on any atom is -0.490 e. The van der Waals surface area contributed by atoms with Crippen LogP contribution in [0.4, 0.5) is 0 Å². The molecule has 0 N–H and O–H groups in total. The van der Waals surface area contributed by atoms with Crippen LogP contribution in [0.2, 0.25) is 0 Å². The predicted octanol–water partition coefficient (Wildman–Crippen LogP) is 4.93. The fraction of sp³-hybridized carbons (Fsp3) is 0.368. The number of benzene rings is 1. The number of hydrogen-bond donors (Lipinski definition) is 0. The molecule has 0 radical (unpaired) electrons. The van der Waals surface area contributed by atoms with Crippen molar-refractivity contribution in [2.45, 2.75) is 27.7 Å². The van der Waals surface area contributed by atoms with Crippen molar-refractivity contribution in [3.8, 4) is 17.6 Å². The van der Waals surface area contributed by atoms with Crippen LogP contribution in [0.15, 0.2) is 34.8 Å². The number of nitriles is 1. The molecule has 24 heavy (non-hydrogen) atoms. The molecule has 0 bridgehead atoms. The van der Waals surface area contributed by atoms with Gasteiger partial charge >= 0.3 is 0 Å². The number of ketones is 1. The summed E-state index contributed by atoms with van der Waals surface area (Å²) in [5.74, 6) is 0.904. The van der Waals surface area contributed by atoms with Crippen molar-refractivity contribution in [3.63, 3.8) is 0 Å². The van der Waals surface area contributed by atoms with Gasteiger partial charge in [0.2, 0.25) is 0 Å². The number of carbonyl (C=O) groups is 1. The first-order valence-corrected chi connectivity index (χ1v) is 8.40. The molecule has 1 aromatic rings. The van der Waals surface area contributed by atoms with Gasteiger partial charge in [-0.15, -0.1) is 0 Å². The Morgan fingerprint density at radius 2 is 2.04 bits per heavy atom. The third kappa shape index (κ3) is 5.24. The molecule has 0 spiro atoms. The van der Waals surface area contributed by atoms with Crippen LogP contribution in [0.25, 0.3) is 6.08 Å². The second kappa shape index (κ2) is 8.70. The van der Waals surface area contributed by atoms with Gasteiger partial charge in [-0.25, -0.2) is 0 Å². The standard InChI is InChI=1S/C19H22BrNO3/c1-6-8-24-17-15(20)10-13(11-16(17)23-7-2)9-14(12-21)18(22)19(3,4)5/h6,9-11H,1,7-8H2,2-5H3/b14-9+. The molecule has 0 atom stereocenters. The van der Waals surface area contributed by atoms with Gasteiger partial charge in [-0.2, -0.15) is 5.26 Å². The van der Waals surface area contributed by atoms with Crippen LogP contribution < -0.4 is 9.47 Å². The Kier molecular flexibility index (Phi) is 7.24. The molecule has 0 saturated carbocycles. The summed E-state index contributed by atoms with van der Waals surface area (Å²) in [7, 11) is 0. The summed E-state index contributed by atoms with van der Waals surface area (Å²) in [5, 5.41) is 9.32. The molecule has 5 heteroatoms. The summed E-state index contributed by atoms with van der Waals surface area (Å²) in [6.45, 7) is 11.7.